The van der Waals surface area contributed by atoms with E-state index in [4.69, 9.17) is 0 Å². The van der Waals surface area contributed by atoms with Crippen LogP contribution < -0.4 is 0 Å². The van der Waals surface area contributed by atoms with Crippen LogP contribution in [0.3, 0.4) is 0 Å². The fourth-order valence-corrected chi connectivity index (χ4v) is 3.19. The summed E-state index contributed by atoms with van der Waals surface area (Å²) < 4.78 is 0. The van der Waals surface area contributed by atoms with Crippen LogP contribution in [0.4, 0.5) is 0 Å². The van der Waals surface area contributed by atoms with Crippen LogP contribution in [0, 0.1) is 0 Å². The van der Waals surface area contributed by atoms with Gasteiger partial charge in [-0.15, -0.1) is 0 Å². The van der Waals surface area contributed by atoms with E-state index in [1.807, 2.05) is 0 Å². The molecule has 0 unspecified atom stereocenters. The van der Waals surface area contributed by atoms with E-state index in [-0.39, 0.29) is 11.3 Å². The summed E-state index contributed by atoms with van der Waals surface area (Å²) in [6.07, 6.45) is 9.90. The van der Waals surface area contributed by atoms with E-state index in [9.17, 15) is 4.79 Å². The molecule has 1 aliphatic carbocycles. The molecule has 1 saturated heterocycles. The first-order valence-corrected chi connectivity index (χ1v) is 6.21. The summed E-state index contributed by atoms with van der Waals surface area (Å²) in [6.45, 7) is 5.89. The lowest BCUT2D eigenvalue weighted by Gasteiger charge is -2.41. The molecule has 2 rings (SSSR count). The number of hydrogen-bond acceptors (Lipinski definition) is 2. The number of ketones is 1. The molecule has 0 aromatic rings. The Morgan fingerprint density at radius 3 is 2.20 bits per heavy atom. The number of carbonyl (C=O) groups excluding carboxylic acids is 1. The van der Waals surface area contributed by atoms with Gasteiger partial charge in [0.15, 0.2) is 5.78 Å². The van der Waals surface area contributed by atoms with Gasteiger partial charge in [0.2, 0.25) is 0 Å². The maximum Gasteiger partial charge on any atom is 0.175 e. The number of piperidine rings is 1. The lowest BCUT2D eigenvalue weighted by atomic mass is 9.87. The Kier molecular flexibility index (Phi) is 3.25. The maximum absolute atomic E-state index is 12.1. The molecule has 84 valence electrons. The molecule has 2 nitrogen and oxygen atoms in total. The van der Waals surface area contributed by atoms with Crippen molar-refractivity contribution in [2.45, 2.75) is 50.5 Å². The molecule has 0 atom stereocenters. The highest BCUT2D eigenvalue weighted by Crippen LogP contribution is 2.37. The van der Waals surface area contributed by atoms with Crippen molar-refractivity contribution in [1.29, 1.82) is 0 Å². The van der Waals surface area contributed by atoms with Gasteiger partial charge in [-0.05, 0) is 44.8 Å². The highest BCUT2D eigenvalue weighted by atomic mass is 16.1. The molecule has 0 aromatic carbocycles. The molecule has 2 fully saturated rings. The summed E-state index contributed by atoms with van der Waals surface area (Å²) in [5.41, 5.74) is -0.151. The number of hydrogen-bond donors (Lipinski definition) is 0. The Hall–Kier alpha value is -0.630. The third kappa shape index (κ3) is 1.87. The SMILES string of the molecule is C=CC(=O)C1(N2CCCCC2)CCCC1. The first-order chi connectivity index (χ1) is 7.29. The molecule has 0 radical (unpaired) electrons. The van der Waals surface area contributed by atoms with E-state index in [0.717, 1.165) is 25.9 Å². The van der Waals surface area contributed by atoms with Crippen molar-refractivity contribution in [2.24, 2.45) is 0 Å². The van der Waals surface area contributed by atoms with E-state index in [1.54, 1.807) is 6.08 Å². The zero-order valence-electron chi connectivity index (χ0n) is 9.50. The van der Waals surface area contributed by atoms with Gasteiger partial charge in [0, 0.05) is 0 Å². The maximum atomic E-state index is 12.1. The van der Waals surface area contributed by atoms with Crippen molar-refractivity contribution in [3.05, 3.63) is 12.7 Å². The monoisotopic (exact) mass is 207 g/mol. The predicted molar refractivity (Wildman–Crippen MR) is 61.8 cm³/mol. The summed E-state index contributed by atoms with van der Waals surface area (Å²) >= 11 is 0. The van der Waals surface area contributed by atoms with Crippen molar-refractivity contribution in [1.82, 2.24) is 4.90 Å². The van der Waals surface area contributed by atoms with Gasteiger partial charge in [-0.3, -0.25) is 9.69 Å². The van der Waals surface area contributed by atoms with Gasteiger partial charge in [0.1, 0.15) is 0 Å². The lowest BCUT2D eigenvalue weighted by molar-refractivity contribution is -0.126. The zero-order valence-corrected chi connectivity index (χ0v) is 9.50. The summed E-state index contributed by atoms with van der Waals surface area (Å²) in [5.74, 6) is 0.266. The van der Waals surface area contributed by atoms with Gasteiger partial charge >= 0.3 is 0 Å². The minimum atomic E-state index is -0.151. The van der Waals surface area contributed by atoms with Gasteiger partial charge < -0.3 is 0 Å². The van der Waals surface area contributed by atoms with Crippen LogP contribution in [0.2, 0.25) is 0 Å². The summed E-state index contributed by atoms with van der Waals surface area (Å²) in [4.78, 5) is 14.5. The molecule has 1 heterocycles. The largest absolute Gasteiger partial charge is 0.293 e. The second kappa shape index (κ2) is 4.48. The quantitative estimate of drug-likeness (QED) is 0.663. The Balaban J connectivity index is 2.16. The Bertz CT molecular complexity index is 247. The summed E-state index contributed by atoms with van der Waals surface area (Å²) in [6, 6.07) is 0. The first-order valence-electron chi connectivity index (χ1n) is 6.21. The van der Waals surface area contributed by atoms with Crippen LogP contribution in [0.25, 0.3) is 0 Å². The van der Waals surface area contributed by atoms with Gasteiger partial charge in [-0.2, -0.15) is 0 Å². The van der Waals surface area contributed by atoms with Crippen molar-refractivity contribution in [2.75, 3.05) is 13.1 Å². The smallest absolute Gasteiger partial charge is 0.175 e. The third-order valence-electron chi connectivity index (χ3n) is 4.04. The van der Waals surface area contributed by atoms with Crippen LogP contribution >= 0.6 is 0 Å². The van der Waals surface area contributed by atoms with Crippen molar-refractivity contribution < 1.29 is 4.79 Å². The number of rotatable bonds is 3. The highest BCUT2D eigenvalue weighted by Gasteiger charge is 2.44. The Labute approximate surface area is 92.3 Å². The van der Waals surface area contributed by atoms with E-state index < -0.39 is 0 Å². The molecule has 15 heavy (non-hydrogen) atoms. The standard InChI is InChI=1S/C13H21NO/c1-2-12(15)13(8-4-5-9-13)14-10-6-3-7-11-14/h2H,1,3-11H2. The second-order valence-electron chi connectivity index (χ2n) is 4.85. The molecule has 2 aliphatic rings. The molecule has 0 bridgehead atoms. The number of carbonyl (C=O) groups is 1. The predicted octanol–water partition coefficient (Wildman–Crippen LogP) is 2.54. The van der Waals surface area contributed by atoms with Gasteiger partial charge in [-0.25, -0.2) is 0 Å². The summed E-state index contributed by atoms with van der Waals surface area (Å²) in [5, 5.41) is 0. The molecular weight excluding hydrogens is 186 g/mol. The molecule has 0 spiro atoms. The number of nitrogens with zero attached hydrogens (tertiary/aromatic N) is 1. The van der Waals surface area contributed by atoms with E-state index >= 15 is 0 Å². The molecule has 0 amide bonds. The van der Waals surface area contributed by atoms with Crippen LogP contribution in [0.15, 0.2) is 12.7 Å². The fraction of sp³-hybridized carbons (Fsp3) is 0.769. The second-order valence-corrected chi connectivity index (χ2v) is 4.85. The minimum absolute atomic E-state index is 0.151. The number of likely N-dealkylation sites (tertiary alicyclic amines) is 1. The van der Waals surface area contributed by atoms with E-state index in [0.29, 0.717) is 0 Å². The van der Waals surface area contributed by atoms with Gasteiger partial charge in [-0.1, -0.05) is 25.8 Å². The van der Waals surface area contributed by atoms with Crippen molar-refractivity contribution in [3.63, 3.8) is 0 Å². The minimum Gasteiger partial charge on any atom is -0.293 e. The molecular formula is C13H21NO. The van der Waals surface area contributed by atoms with E-state index in [1.165, 1.54) is 32.1 Å². The zero-order chi connectivity index (χ0) is 10.7. The fourth-order valence-electron chi connectivity index (χ4n) is 3.19. The molecule has 1 aliphatic heterocycles. The average Bonchev–Trinajstić information content (AvgIpc) is 2.79. The normalized spacial score (nSPS) is 26.4. The van der Waals surface area contributed by atoms with Crippen molar-refractivity contribution in [3.8, 4) is 0 Å². The lowest BCUT2D eigenvalue weighted by Crippen LogP contribution is -2.54. The Morgan fingerprint density at radius 1 is 1.07 bits per heavy atom. The first kappa shape index (κ1) is 10.9. The molecule has 0 N–H and O–H groups in total. The van der Waals surface area contributed by atoms with Gasteiger partial charge in [0.25, 0.3) is 0 Å². The van der Waals surface area contributed by atoms with Crippen LogP contribution in [0.1, 0.15) is 44.9 Å². The van der Waals surface area contributed by atoms with Gasteiger partial charge in [0.05, 0.1) is 5.54 Å². The topological polar surface area (TPSA) is 20.3 Å². The third-order valence-corrected chi connectivity index (χ3v) is 4.04. The molecule has 2 heteroatoms. The van der Waals surface area contributed by atoms with Crippen LogP contribution in [-0.4, -0.2) is 29.3 Å². The Morgan fingerprint density at radius 2 is 1.67 bits per heavy atom. The molecule has 0 aromatic heterocycles. The van der Waals surface area contributed by atoms with Crippen LogP contribution in [-0.2, 0) is 4.79 Å². The highest BCUT2D eigenvalue weighted by molar-refractivity contribution is 5.97. The summed E-state index contributed by atoms with van der Waals surface area (Å²) in [7, 11) is 0. The van der Waals surface area contributed by atoms with Crippen LogP contribution in [0.5, 0.6) is 0 Å². The van der Waals surface area contributed by atoms with E-state index in [2.05, 4.69) is 11.5 Å². The van der Waals surface area contributed by atoms with Crippen molar-refractivity contribution >= 4 is 5.78 Å². The molecule has 1 saturated carbocycles. The average molecular weight is 207 g/mol.